The van der Waals surface area contributed by atoms with E-state index in [0.29, 0.717) is 0 Å². The van der Waals surface area contributed by atoms with E-state index < -0.39 is 0 Å². The molecule has 5 heteroatoms. The van der Waals surface area contributed by atoms with Crippen molar-refractivity contribution in [2.24, 2.45) is 18.0 Å². The van der Waals surface area contributed by atoms with Gasteiger partial charge in [-0.2, -0.15) is 5.10 Å². The maximum atomic E-state index is 4.60. The van der Waals surface area contributed by atoms with Crippen molar-refractivity contribution in [3.8, 4) is 0 Å². The monoisotopic (exact) mass is 279 g/mol. The minimum atomic E-state index is 0.756. The van der Waals surface area contributed by atoms with Crippen molar-refractivity contribution in [1.82, 2.24) is 20.4 Å². The molecule has 0 aliphatic heterocycles. The van der Waals surface area contributed by atoms with E-state index in [1.807, 2.05) is 24.1 Å². The largest absolute Gasteiger partial charge is 0.357 e. The van der Waals surface area contributed by atoms with E-state index in [1.54, 1.807) is 0 Å². The van der Waals surface area contributed by atoms with Crippen molar-refractivity contribution in [2.45, 2.75) is 40.0 Å². The zero-order valence-corrected chi connectivity index (χ0v) is 13.3. The standard InChI is InChI=1S/C15H29N5/c1-5-16-15(17-9-6-7-13(2)3)18-10-8-14-11-19-20(4)12-14/h11-13H,5-10H2,1-4H3,(H2,16,17,18). The molecule has 0 aromatic carbocycles. The van der Waals surface area contributed by atoms with Crippen LogP contribution in [0.15, 0.2) is 17.4 Å². The highest BCUT2D eigenvalue weighted by molar-refractivity contribution is 5.79. The Morgan fingerprint density at radius 3 is 2.80 bits per heavy atom. The molecule has 0 radical (unpaired) electrons. The van der Waals surface area contributed by atoms with Gasteiger partial charge in [-0.15, -0.1) is 0 Å². The SMILES string of the molecule is CCNC(=NCCCC(C)C)NCCc1cnn(C)c1. The third-order valence-electron chi connectivity index (χ3n) is 3.02. The molecule has 0 atom stereocenters. The molecule has 0 saturated carbocycles. The molecule has 0 bridgehead atoms. The second-order valence-corrected chi connectivity index (χ2v) is 5.50. The van der Waals surface area contributed by atoms with E-state index in [1.165, 1.54) is 12.0 Å². The average molecular weight is 279 g/mol. The van der Waals surface area contributed by atoms with Gasteiger partial charge in [0.25, 0.3) is 0 Å². The van der Waals surface area contributed by atoms with E-state index in [0.717, 1.165) is 44.4 Å². The first-order valence-electron chi connectivity index (χ1n) is 7.61. The maximum Gasteiger partial charge on any atom is 0.191 e. The maximum absolute atomic E-state index is 4.60. The van der Waals surface area contributed by atoms with Crippen LogP contribution in [-0.4, -0.2) is 35.4 Å². The molecule has 20 heavy (non-hydrogen) atoms. The molecule has 1 aromatic heterocycles. The number of nitrogens with zero attached hydrogens (tertiary/aromatic N) is 3. The summed E-state index contributed by atoms with van der Waals surface area (Å²) in [5.41, 5.74) is 1.25. The number of nitrogens with one attached hydrogen (secondary N) is 2. The van der Waals surface area contributed by atoms with Crippen LogP contribution in [0.4, 0.5) is 0 Å². The van der Waals surface area contributed by atoms with Crippen LogP contribution in [-0.2, 0) is 13.5 Å². The summed E-state index contributed by atoms with van der Waals surface area (Å²) in [5, 5.41) is 10.8. The predicted octanol–water partition coefficient (Wildman–Crippen LogP) is 1.95. The van der Waals surface area contributed by atoms with Gasteiger partial charge >= 0.3 is 0 Å². The Kier molecular flexibility index (Phi) is 7.77. The summed E-state index contributed by atoms with van der Waals surface area (Å²) in [6, 6.07) is 0. The zero-order chi connectivity index (χ0) is 14.8. The Morgan fingerprint density at radius 2 is 2.20 bits per heavy atom. The van der Waals surface area contributed by atoms with Crippen LogP contribution in [0.2, 0.25) is 0 Å². The lowest BCUT2D eigenvalue weighted by atomic mass is 10.1. The second kappa shape index (κ2) is 9.39. The van der Waals surface area contributed by atoms with E-state index in [-0.39, 0.29) is 0 Å². The Bertz CT molecular complexity index is 395. The number of rotatable bonds is 8. The summed E-state index contributed by atoms with van der Waals surface area (Å²) < 4.78 is 1.83. The van der Waals surface area contributed by atoms with E-state index in [9.17, 15) is 0 Å². The lowest BCUT2D eigenvalue weighted by Crippen LogP contribution is -2.38. The molecule has 1 heterocycles. The number of aryl methyl sites for hydroxylation is 1. The third-order valence-corrected chi connectivity index (χ3v) is 3.02. The van der Waals surface area contributed by atoms with Crippen LogP contribution in [0.3, 0.4) is 0 Å². The number of aromatic nitrogens is 2. The van der Waals surface area contributed by atoms with Crippen molar-refractivity contribution >= 4 is 5.96 Å². The number of guanidine groups is 1. The minimum absolute atomic E-state index is 0.756. The molecule has 1 aromatic rings. The van der Waals surface area contributed by atoms with E-state index in [4.69, 9.17) is 0 Å². The number of hydrogen-bond acceptors (Lipinski definition) is 2. The molecular weight excluding hydrogens is 250 g/mol. The highest BCUT2D eigenvalue weighted by Gasteiger charge is 1.99. The Morgan fingerprint density at radius 1 is 1.40 bits per heavy atom. The van der Waals surface area contributed by atoms with Crippen LogP contribution >= 0.6 is 0 Å². The predicted molar refractivity (Wildman–Crippen MR) is 85.0 cm³/mol. The lowest BCUT2D eigenvalue weighted by Gasteiger charge is -2.11. The number of hydrogen-bond donors (Lipinski definition) is 2. The highest BCUT2D eigenvalue weighted by atomic mass is 15.2. The van der Waals surface area contributed by atoms with Crippen molar-refractivity contribution in [1.29, 1.82) is 0 Å². The van der Waals surface area contributed by atoms with E-state index in [2.05, 4.69) is 41.5 Å². The lowest BCUT2D eigenvalue weighted by molar-refractivity contribution is 0.560. The molecule has 0 aliphatic carbocycles. The summed E-state index contributed by atoms with van der Waals surface area (Å²) in [6.07, 6.45) is 7.31. The fourth-order valence-corrected chi connectivity index (χ4v) is 1.96. The van der Waals surface area contributed by atoms with Gasteiger partial charge in [0.1, 0.15) is 0 Å². The first kappa shape index (κ1) is 16.5. The first-order valence-corrected chi connectivity index (χ1v) is 7.61. The highest BCUT2D eigenvalue weighted by Crippen LogP contribution is 2.02. The molecule has 2 N–H and O–H groups in total. The molecule has 114 valence electrons. The molecule has 0 fully saturated rings. The van der Waals surface area contributed by atoms with Crippen LogP contribution in [0.1, 0.15) is 39.2 Å². The van der Waals surface area contributed by atoms with Crippen molar-refractivity contribution in [3.05, 3.63) is 18.0 Å². The Balaban J connectivity index is 2.28. The van der Waals surface area contributed by atoms with Crippen LogP contribution in [0.5, 0.6) is 0 Å². The molecule has 0 amide bonds. The molecule has 0 spiro atoms. The molecule has 0 saturated heterocycles. The summed E-state index contributed by atoms with van der Waals surface area (Å²) in [7, 11) is 1.94. The van der Waals surface area contributed by atoms with Gasteiger partial charge in [0.05, 0.1) is 6.20 Å². The number of aliphatic imine (C=N–C) groups is 1. The third kappa shape index (κ3) is 7.16. The van der Waals surface area contributed by atoms with Crippen molar-refractivity contribution < 1.29 is 0 Å². The summed E-state index contributed by atoms with van der Waals surface area (Å²) >= 11 is 0. The summed E-state index contributed by atoms with van der Waals surface area (Å²) in [4.78, 5) is 4.60. The van der Waals surface area contributed by atoms with Gasteiger partial charge in [-0.25, -0.2) is 0 Å². The second-order valence-electron chi connectivity index (χ2n) is 5.50. The van der Waals surface area contributed by atoms with Gasteiger partial charge in [0, 0.05) is 32.9 Å². The van der Waals surface area contributed by atoms with Gasteiger partial charge in [0.15, 0.2) is 5.96 Å². The topological polar surface area (TPSA) is 54.2 Å². The first-order chi connectivity index (χ1) is 9.61. The summed E-state index contributed by atoms with van der Waals surface area (Å²) in [6.45, 7) is 9.25. The van der Waals surface area contributed by atoms with Crippen LogP contribution in [0.25, 0.3) is 0 Å². The van der Waals surface area contributed by atoms with E-state index >= 15 is 0 Å². The summed E-state index contributed by atoms with van der Waals surface area (Å²) in [5.74, 6) is 1.67. The fourth-order valence-electron chi connectivity index (χ4n) is 1.96. The smallest absolute Gasteiger partial charge is 0.191 e. The molecule has 5 nitrogen and oxygen atoms in total. The Hall–Kier alpha value is -1.52. The normalized spacial score (nSPS) is 11.9. The molecule has 1 rings (SSSR count). The van der Waals surface area contributed by atoms with Crippen molar-refractivity contribution in [3.63, 3.8) is 0 Å². The Labute approximate surface area is 122 Å². The minimum Gasteiger partial charge on any atom is -0.357 e. The molecule has 0 aliphatic rings. The van der Waals surface area contributed by atoms with Crippen LogP contribution in [0, 0.1) is 5.92 Å². The molecular formula is C15H29N5. The zero-order valence-electron chi connectivity index (χ0n) is 13.3. The van der Waals surface area contributed by atoms with Crippen molar-refractivity contribution in [2.75, 3.05) is 19.6 Å². The van der Waals surface area contributed by atoms with Gasteiger partial charge in [0.2, 0.25) is 0 Å². The average Bonchev–Trinajstić information content (AvgIpc) is 2.80. The van der Waals surface area contributed by atoms with Crippen LogP contribution < -0.4 is 10.6 Å². The fraction of sp³-hybridized carbons (Fsp3) is 0.733. The van der Waals surface area contributed by atoms with Gasteiger partial charge in [-0.3, -0.25) is 9.67 Å². The van der Waals surface area contributed by atoms with Gasteiger partial charge in [-0.1, -0.05) is 13.8 Å². The quantitative estimate of drug-likeness (QED) is 0.434. The molecule has 0 unspecified atom stereocenters. The van der Waals surface area contributed by atoms with Gasteiger partial charge < -0.3 is 10.6 Å². The van der Waals surface area contributed by atoms with Gasteiger partial charge in [-0.05, 0) is 37.7 Å².